The molecule has 2 unspecified atom stereocenters. The molecule has 2 N–H and O–H groups in total. The smallest absolute Gasteiger partial charge is 0.141 e. The number of aliphatic hydroxyl groups is 1. The molecule has 2 rings (SSSR count). The molecule has 0 aliphatic carbocycles. The van der Waals surface area contributed by atoms with E-state index in [4.69, 9.17) is 0 Å². The van der Waals surface area contributed by atoms with E-state index in [1.807, 2.05) is 6.92 Å². The topological polar surface area (TPSA) is 48.4 Å². The molecule has 106 valence electrons. The van der Waals surface area contributed by atoms with Crippen LogP contribution in [0.1, 0.15) is 31.5 Å². The highest BCUT2D eigenvalue weighted by atomic mass is 19.1. The van der Waals surface area contributed by atoms with Gasteiger partial charge in [-0.3, -0.25) is 9.88 Å². The fourth-order valence-electron chi connectivity index (χ4n) is 2.59. The van der Waals surface area contributed by atoms with Gasteiger partial charge in [-0.2, -0.15) is 0 Å². The Balaban J connectivity index is 2.01. The molecule has 1 aliphatic rings. The highest BCUT2D eigenvalue weighted by Gasteiger charge is 2.22. The van der Waals surface area contributed by atoms with Crippen molar-refractivity contribution in [2.45, 2.75) is 31.8 Å². The summed E-state index contributed by atoms with van der Waals surface area (Å²) in [4.78, 5) is 6.33. The van der Waals surface area contributed by atoms with Crippen molar-refractivity contribution in [3.8, 4) is 0 Å². The number of nitrogens with zero attached hydrogens (tertiary/aromatic N) is 2. The van der Waals surface area contributed by atoms with Crippen LogP contribution in [0.25, 0.3) is 0 Å². The van der Waals surface area contributed by atoms with Crippen LogP contribution in [0.4, 0.5) is 4.39 Å². The number of hydrogen-bond acceptors (Lipinski definition) is 4. The van der Waals surface area contributed by atoms with Crippen LogP contribution < -0.4 is 5.32 Å². The molecule has 1 aromatic heterocycles. The first kappa shape index (κ1) is 14.4. The third kappa shape index (κ3) is 3.96. The van der Waals surface area contributed by atoms with Gasteiger partial charge in [-0.1, -0.05) is 0 Å². The zero-order chi connectivity index (χ0) is 13.7. The highest BCUT2D eigenvalue weighted by Crippen LogP contribution is 2.19. The minimum atomic E-state index is -0.317. The van der Waals surface area contributed by atoms with Gasteiger partial charge in [0.15, 0.2) is 0 Å². The third-order valence-electron chi connectivity index (χ3n) is 3.73. The van der Waals surface area contributed by atoms with E-state index in [2.05, 4.69) is 15.2 Å². The van der Waals surface area contributed by atoms with Gasteiger partial charge in [-0.25, -0.2) is 4.39 Å². The van der Waals surface area contributed by atoms with E-state index in [9.17, 15) is 9.50 Å². The molecule has 2 atom stereocenters. The molecular formula is C14H22FN3O. The summed E-state index contributed by atoms with van der Waals surface area (Å²) in [6, 6.07) is 3.71. The third-order valence-corrected chi connectivity index (χ3v) is 3.73. The first-order valence-electron chi connectivity index (χ1n) is 6.90. The molecule has 19 heavy (non-hydrogen) atoms. The Hall–Kier alpha value is -1.04. The van der Waals surface area contributed by atoms with E-state index in [-0.39, 0.29) is 18.5 Å². The molecule has 4 nitrogen and oxygen atoms in total. The molecule has 0 saturated carbocycles. The van der Waals surface area contributed by atoms with E-state index < -0.39 is 0 Å². The number of pyridine rings is 1. The van der Waals surface area contributed by atoms with Crippen LogP contribution in [0.15, 0.2) is 18.3 Å². The van der Waals surface area contributed by atoms with Crippen LogP contribution in [0.3, 0.4) is 0 Å². The van der Waals surface area contributed by atoms with E-state index >= 15 is 0 Å². The quantitative estimate of drug-likeness (QED) is 0.816. The average molecular weight is 267 g/mol. The Morgan fingerprint density at radius 1 is 1.58 bits per heavy atom. The molecule has 0 aromatic carbocycles. The molecule has 1 aliphatic heterocycles. The molecule has 2 heterocycles. The summed E-state index contributed by atoms with van der Waals surface area (Å²) in [5.74, 6) is -0.317. The largest absolute Gasteiger partial charge is 0.395 e. The van der Waals surface area contributed by atoms with Crippen LogP contribution in [0.5, 0.6) is 0 Å². The number of rotatable bonds is 6. The van der Waals surface area contributed by atoms with E-state index in [0.717, 1.165) is 18.8 Å². The second kappa shape index (κ2) is 6.93. The minimum Gasteiger partial charge on any atom is -0.395 e. The zero-order valence-electron chi connectivity index (χ0n) is 11.3. The van der Waals surface area contributed by atoms with Crippen LogP contribution in [-0.4, -0.2) is 47.3 Å². The van der Waals surface area contributed by atoms with Crippen LogP contribution in [-0.2, 0) is 0 Å². The van der Waals surface area contributed by atoms with Gasteiger partial charge in [0.25, 0.3) is 0 Å². The van der Waals surface area contributed by atoms with Crippen molar-refractivity contribution < 1.29 is 9.50 Å². The maximum absolute atomic E-state index is 12.9. The van der Waals surface area contributed by atoms with Crippen molar-refractivity contribution in [1.29, 1.82) is 0 Å². The van der Waals surface area contributed by atoms with Gasteiger partial charge in [0, 0.05) is 25.2 Å². The van der Waals surface area contributed by atoms with E-state index in [1.165, 1.54) is 25.1 Å². The summed E-state index contributed by atoms with van der Waals surface area (Å²) in [5, 5.41) is 12.7. The Morgan fingerprint density at radius 2 is 2.42 bits per heavy atom. The lowest BCUT2D eigenvalue weighted by molar-refractivity contribution is 0.145. The van der Waals surface area contributed by atoms with Crippen molar-refractivity contribution in [3.63, 3.8) is 0 Å². The SMILES string of the molecule is CC(c1ccc(F)cn1)N(CCO)CC1CCCN1. The molecule has 0 spiro atoms. The Kier molecular flexibility index (Phi) is 5.24. The fourth-order valence-corrected chi connectivity index (χ4v) is 2.59. The second-order valence-electron chi connectivity index (χ2n) is 5.09. The molecular weight excluding hydrogens is 245 g/mol. The van der Waals surface area contributed by atoms with Crippen LogP contribution >= 0.6 is 0 Å². The van der Waals surface area contributed by atoms with Gasteiger partial charge >= 0.3 is 0 Å². The molecule has 5 heteroatoms. The lowest BCUT2D eigenvalue weighted by Gasteiger charge is -2.30. The fraction of sp³-hybridized carbons (Fsp3) is 0.643. The predicted molar refractivity (Wildman–Crippen MR) is 72.3 cm³/mol. The monoisotopic (exact) mass is 267 g/mol. The second-order valence-corrected chi connectivity index (χ2v) is 5.09. The van der Waals surface area contributed by atoms with Gasteiger partial charge in [0.1, 0.15) is 5.82 Å². The lowest BCUT2D eigenvalue weighted by Crippen LogP contribution is -2.40. The van der Waals surface area contributed by atoms with E-state index in [1.54, 1.807) is 6.07 Å². The number of hydrogen-bond donors (Lipinski definition) is 2. The van der Waals surface area contributed by atoms with Crippen molar-refractivity contribution in [3.05, 3.63) is 29.8 Å². The van der Waals surface area contributed by atoms with Crippen LogP contribution in [0, 0.1) is 5.82 Å². The Bertz CT molecular complexity index is 379. The maximum Gasteiger partial charge on any atom is 0.141 e. The predicted octanol–water partition coefficient (Wildman–Crippen LogP) is 1.33. The minimum absolute atomic E-state index is 0.0788. The molecule has 0 amide bonds. The Labute approximate surface area is 113 Å². The number of aliphatic hydroxyl groups excluding tert-OH is 1. The highest BCUT2D eigenvalue weighted by molar-refractivity contribution is 5.09. The summed E-state index contributed by atoms with van der Waals surface area (Å²) in [6.07, 6.45) is 3.63. The van der Waals surface area contributed by atoms with Crippen molar-refractivity contribution in [1.82, 2.24) is 15.2 Å². The summed E-state index contributed by atoms with van der Waals surface area (Å²) in [7, 11) is 0. The molecule has 1 saturated heterocycles. The number of halogens is 1. The number of aromatic nitrogens is 1. The molecule has 0 radical (unpaired) electrons. The summed E-state index contributed by atoms with van der Waals surface area (Å²) in [6.45, 7) is 4.74. The van der Waals surface area contributed by atoms with Crippen molar-refractivity contribution in [2.24, 2.45) is 0 Å². The van der Waals surface area contributed by atoms with Gasteiger partial charge in [0.05, 0.1) is 18.5 Å². The average Bonchev–Trinajstić information content (AvgIpc) is 2.91. The summed E-state index contributed by atoms with van der Waals surface area (Å²) in [5.41, 5.74) is 0.841. The maximum atomic E-state index is 12.9. The van der Waals surface area contributed by atoms with Crippen LogP contribution in [0.2, 0.25) is 0 Å². The first-order chi connectivity index (χ1) is 9.20. The van der Waals surface area contributed by atoms with Gasteiger partial charge in [-0.15, -0.1) is 0 Å². The van der Waals surface area contributed by atoms with E-state index in [0.29, 0.717) is 12.6 Å². The Morgan fingerprint density at radius 3 is 3.00 bits per heavy atom. The van der Waals surface area contributed by atoms with Gasteiger partial charge in [-0.05, 0) is 38.4 Å². The molecule has 1 fully saturated rings. The van der Waals surface area contributed by atoms with Crippen molar-refractivity contribution >= 4 is 0 Å². The standard InChI is InChI=1S/C14H22FN3O/c1-11(14-5-4-12(15)9-17-14)18(7-8-19)10-13-3-2-6-16-13/h4-5,9,11,13,16,19H,2-3,6-8,10H2,1H3. The van der Waals surface area contributed by atoms with Gasteiger partial charge < -0.3 is 10.4 Å². The summed E-state index contributed by atoms with van der Waals surface area (Å²) >= 11 is 0. The van der Waals surface area contributed by atoms with Gasteiger partial charge in [0.2, 0.25) is 0 Å². The molecule has 0 bridgehead atoms. The normalized spacial score (nSPS) is 20.9. The zero-order valence-corrected chi connectivity index (χ0v) is 11.3. The molecule has 1 aromatic rings. The lowest BCUT2D eigenvalue weighted by atomic mass is 10.1. The number of nitrogens with one attached hydrogen (secondary N) is 1. The summed E-state index contributed by atoms with van der Waals surface area (Å²) < 4.78 is 12.9. The van der Waals surface area contributed by atoms with Crippen molar-refractivity contribution in [2.75, 3.05) is 26.2 Å². The first-order valence-corrected chi connectivity index (χ1v) is 6.90.